The van der Waals surface area contributed by atoms with Crippen LogP contribution in [0.2, 0.25) is 10.0 Å². The number of carbonyl (C=O) groups excluding carboxylic acids is 2. The SMILES string of the molecule is Cc1ccc(N(CC(=O)Nc2ccc(Cl)cc2C(=O)c2ccccc2)S(=O)(=O)c2ccccc2)cc1Cl. The van der Waals surface area contributed by atoms with Crippen molar-refractivity contribution in [2.45, 2.75) is 11.8 Å². The van der Waals surface area contributed by atoms with E-state index < -0.39 is 22.5 Å². The van der Waals surface area contributed by atoms with E-state index in [1.807, 2.05) is 0 Å². The quantitative estimate of drug-likeness (QED) is 0.257. The van der Waals surface area contributed by atoms with E-state index in [0.29, 0.717) is 15.6 Å². The van der Waals surface area contributed by atoms with Crippen LogP contribution in [0.3, 0.4) is 0 Å². The monoisotopic (exact) mass is 552 g/mol. The van der Waals surface area contributed by atoms with Crippen LogP contribution in [0.15, 0.2) is 102 Å². The number of carbonyl (C=O) groups is 2. The zero-order chi connectivity index (χ0) is 26.6. The van der Waals surface area contributed by atoms with Crippen molar-refractivity contribution in [1.82, 2.24) is 0 Å². The van der Waals surface area contributed by atoms with E-state index in [0.717, 1.165) is 9.87 Å². The van der Waals surface area contributed by atoms with Crippen LogP contribution in [-0.2, 0) is 14.8 Å². The fraction of sp³-hybridized carbons (Fsp3) is 0.0714. The van der Waals surface area contributed by atoms with Gasteiger partial charge in [0.25, 0.3) is 10.0 Å². The molecule has 0 radical (unpaired) electrons. The summed E-state index contributed by atoms with van der Waals surface area (Å²) in [5.74, 6) is -0.988. The third-order valence-electron chi connectivity index (χ3n) is 5.60. The number of benzene rings is 4. The van der Waals surface area contributed by atoms with Gasteiger partial charge < -0.3 is 5.32 Å². The number of halogens is 2. The molecule has 188 valence electrons. The van der Waals surface area contributed by atoms with E-state index in [1.165, 1.54) is 36.4 Å². The molecule has 0 aliphatic heterocycles. The first-order valence-electron chi connectivity index (χ1n) is 11.2. The van der Waals surface area contributed by atoms with Crippen LogP contribution in [0.4, 0.5) is 11.4 Å². The van der Waals surface area contributed by atoms with E-state index in [1.54, 1.807) is 67.6 Å². The number of hydrogen-bond donors (Lipinski definition) is 1. The molecule has 0 atom stereocenters. The second kappa shape index (κ2) is 11.2. The number of ketones is 1. The Hall–Kier alpha value is -3.65. The number of hydrogen-bond acceptors (Lipinski definition) is 4. The van der Waals surface area contributed by atoms with Gasteiger partial charge >= 0.3 is 0 Å². The van der Waals surface area contributed by atoms with E-state index >= 15 is 0 Å². The molecule has 0 bridgehead atoms. The molecule has 6 nitrogen and oxygen atoms in total. The fourth-order valence-electron chi connectivity index (χ4n) is 3.65. The second-order valence-corrected chi connectivity index (χ2v) is 10.9. The zero-order valence-electron chi connectivity index (χ0n) is 19.7. The lowest BCUT2D eigenvalue weighted by atomic mass is 10.0. The normalized spacial score (nSPS) is 11.1. The third kappa shape index (κ3) is 6.02. The van der Waals surface area contributed by atoms with Crippen LogP contribution in [0.25, 0.3) is 0 Å². The Morgan fingerprint density at radius 3 is 2.14 bits per heavy atom. The van der Waals surface area contributed by atoms with Gasteiger partial charge in [0.1, 0.15) is 6.54 Å². The highest BCUT2D eigenvalue weighted by atomic mass is 35.5. The summed E-state index contributed by atoms with van der Waals surface area (Å²) in [6, 6.07) is 25.6. The summed E-state index contributed by atoms with van der Waals surface area (Å²) in [5, 5.41) is 3.36. The molecule has 1 amide bonds. The van der Waals surface area contributed by atoms with Crippen molar-refractivity contribution in [3.8, 4) is 0 Å². The van der Waals surface area contributed by atoms with E-state index in [-0.39, 0.29) is 27.6 Å². The highest BCUT2D eigenvalue weighted by Crippen LogP contribution is 2.29. The van der Waals surface area contributed by atoms with Crippen LogP contribution in [0.1, 0.15) is 21.5 Å². The maximum atomic E-state index is 13.6. The Balaban J connectivity index is 1.68. The second-order valence-electron chi connectivity index (χ2n) is 8.19. The number of sulfonamides is 1. The fourth-order valence-corrected chi connectivity index (χ4v) is 5.43. The standard InChI is InChI=1S/C28H22Cl2N2O4S/c1-19-12-14-22(17-25(19)30)32(37(35,36)23-10-6-3-7-11-23)18-27(33)31-26-15-13-21(29)16-24(26)28(34)20-8-4-2-5-9-20/h2-17H,18H2,1H3,(H,31,33). The minimum atomic E-state index is -4.12. The van der Waals surface area contributed by atoms with Gasteiger partial charge in [-0.3, -0.25) is 13.9 Å². The number of nitrogens with zero attached hydrogens (tertiary/aromatic N) is 1. The Bertz CT molecular complexity index is 1560. The molecule has 0 aliphatic carbocycles. The van der Waals surface area contributed by atoms with Gasteiger partial charge in [-0.05, 0) is 55.0 Å². The largest absolute Gasteiger partial charge is 0.324 e. The molecule has 0 heterocycles. The molecule has 0 saturated heterocycles. The van der Waals surface area contributed by atoms with Gasteiger partial charge in [-0.2, -0.15) is 0 Å². The highest BCUT2D eigenvalue weighted by molar-refractivity contribution is 7.92. The van der Waals surface area contributed by atoms with Crippen molar-refractivity contribution < 1.29 is 18.0 Å². The lowest BCUT2D eigenvalue weighted by Crippen LogP contribution is -2.38. The molecule has 1 N–H and O–H groups in total. The molecule has 9 heteroatoms. The number of rotatable bonds is 8. The summed E-state index contributed by atoms with van der Waals surface area (Å²) in [7, 11) is -4.12. The molecule has 0 unspecified atom stereocenters. The van der Waals surface area contributed by atoms with Crippen molar-refractivity contribution in [3.63, 3.8) is 0 Å². The number of anilines is 2. The summed E-state index contributed by atoms with van der Waals surface area (Å²) in [4.78, 5) is 26.4. The summed E-state index contributed by atoms with van der Waals surface area (Å²) in [5.41, 5.74) is 1.80. The van der Waals surface area contributed by atoms with Crippen molar-refractivity contribution in [2.24, 2.45) is 0 Å². The Morgan fingerprint density at radius 1 is 0.838 bits per heavy atom. The van der Waals surface area contributed by atoms with Gasteiger partial charge in [0, 0.05) is 21.2 Å². The molecule has 4 aromatic carbocycles. The van der Waals surface area contributed by atoms with Crippen molar-refractivity contribution in [3.05, 3.63) is 124 Å². The van der Waals surface area contributed by atoms with Gasteiger partial charge in [0.15, 0.2) is 5.78 Å². The smallest absolute Gasteiger partial charge is 0.264 e. The minimum Gasteiger partial charge on any atom is -0.324 e. The van der Waals surface area contributed by atoms with Crippen molar-refractivity contribution in [1.29, 1.82) is 0 Å². The lowest BCUT2D eigenvalue weighted by molar-refractivity contribution is -0.114. The topological polar surface area (TPSA) is 83.6 Å². The summed E-state index contributed by atoms with van der Waals surface area (Å²) < 4.78 is 28.1. The van der Waals surface area contributed by atoms with Crippen LogP contribution < -0.4 is 9.62 Å². The van der Waals surface area contributed by atoms with E-state index in [4.69, 9.17) is 23.2 Å². The highest BCUT2D eigenvalue weighted by Gasteiger charge is 2.28. The maximum Gasteiger partial charge on any atom is 0.264 e. The lowest BCUT2D eigenvalue weighted by Gasteiger charge is -2.25. The Kier molecular flexibility index (Phi) is 7.97. The Labute approximate surface area is 225 Å². The average molecular weight is 553 g/mol. The van der Waals surface area contributed by atoms with Crippen LogP contribution in [-0.4, -0.2) is 26.7 Å². The molecular formula is C28H22Cl2N2O4S. The first kappa shape index (κ1) is 26.4. The number of nitrogens with one attached hydrogen (secondary N) is 1. The van der Waals surface area contributed by atoms with Gasteiger partial charge in [-0.1, -0.05) is 77.8 Å². The van der Waals surface area contributed by atoms with Gasteiger partial charge in [0.05, 0.1) is 16.3 Å². The van der Waals surface area contributed by atoms with Crippen molar-refractivity contribution >= 4 is 56.3 Å². The number of aryl methyl sites for hydroxylation is 1. The zero-order valence-corrected chi connectivity index (χ0v) is 22.0. The molecule has 0 fully saturated rings. The summed E-state index contributed by atoms with van der Waals surface area (Å²) in [6.07, 6.45) is 0. The summed E-state index contributed by atoms with van der Waals surface area (Å²) >= 11 is 12.4. The average Bonchev–Trinajstić information content (AvgIpc) is 2.90. The first-order chi connectivity index (χ1) is 17.7. The van der Waals surface area contributed by atoms with Crippen LogP contribution >= 0.6 is 23.2 Å². The summed E-state index contributed by atoms with van der Waals surface area (Å²) in [6.45, 7) is 1.23. The molecule has 37 heavy (non-hydrogen) atoms. The van der Waals surface area contributed by atoms with Gasteiger partial charge in [0.2, 0.25) is 5.91 Å². The maximum absolute atomic E-state index is 13.6. The van der Waals surface area contributed by atoms with Crippen molar-refractivity contribution in [2.75, 3.05) is 16.2 Å². The molecule has 0 aromatic heterocycles. The molecule has 0 aliphatic rings. The predicted molar refractivity (Wildman–Crippen MR) is 147 cm³/mol. The van der Waals surface area contributed by atoms with E-state index in [2.05, 4.69) is 5.32 Å². The molecule has 4 aromatic rings. The van der Waals surface area contributed by atoms with Crippen LogP contribution in [0.5, 0.6) is 0 Å². The molecular weight excluding hydrogens is 531 g/mol. The third-order valence-corrected chi connectivity index (χ3v) is 8.03. The predicted octanol–water partition coefficient (Wildman–Crippen LogP) is 6.37. The molecule has 4 rings (SSSR count). The molecule has 0 saturated carbocycles. The first-order valence-corrected chi connectivity index (χ1v) is 13.4. The van der Waals surface area contributed by atoms with Crippen LogP contribution in [0, 0.1) is 6.92 Å². The van der Waals surface area contributed by atoms with Gasteiger partial charge in [-0.15, -0.1) is 0 Å². The van der Waals surface area contributed by atoms with Gasteiger partial charge in [-0.25, -0.2) is 8.42 Å². The number of amides is 1. The minimum absolute atomic E-state index is 0.0194. The molecule has 0 spiro atoms. The Morgan fingerprint density at radius 2 is 1.49 bits per heavy atom. The van der Waals surface area contributed by atoms with E-state index in [9.17, 15) is 18.0 Å².